The van der Waals surface area contributed by atoms with Crippen molar-refractivity contribution < 1.29 is 23.9 Å². The van der Waals surface area contributed by atoms with E-state index in [4.69, 9.17) is 19.6 Å². The van der Waals surface area contributed by atoms with E-state index >= 15 is 0 Å². The maximum absolute atomic E-state index is 13.7. The minimum absolute atomic E-state index is 0.0403. The van der Waals surface area contributed by atoms with Gasteiger partial charge in [-0.2, -0.15) is 5.10 Å². The zero-order valence-electron chi connectivity index (χ0n) is 29.9. The van der Waals surface area contributed by atoms with Crippen molar-refractivity contribution in [3.63, 3.8) is 0 Å². The molecule has 3 amide bonds. The highest BCUT2D eigenvalue weighted by molar-refractivity contribution is 5.95. The highest BCUT2D eigenvalue weighted by Gasteiger charge is 2.32. The monoisotopic (exact) mass is 683 g/mol. The minimum Gasteiger partial charge on any atom is -0.444 e. The van der Waals surface area contributed by atoms with Crippen molar-refractivity contribution in [1.82, 2.24) is 34.3 Å². The molecule has 0 unspecified atom stereocenters. The first-order valence-electron chi connectivity index (χ1n) is 18.0. The number of nitrogens with one attached hydrogen (secondary N) is 1. The summed E-state index contributed by atoms with van der Waals surface area (Å²) in [6.07, 6.45) is 8.57. The van der Waals surface area contributed by atoms with Gasteiger partial charge in [-0.15, -0.1) is 0 Å². The Labute approximate surface area is 293 Å². The number of carbonyl (C=O) groups excluding carboxylic acids is 3. The van der Waals surface area contributed by atoms with Crippen molar-refractivity contribution in [3.05, 3.63) is 53.5 Å². The second kappa shape index (κ2) is 13.7. The molecular weight excluding hydrogens is 634 g/mol. The first-order chi connectivity index (χ1) is 24.0. The number of rotatable bonds is 8. The molecule has 4 aromatic heterocycles. The van der Waals surface area contributed by atoms with E-state index in [9.17, 15) is 14.4 Å². The van der Waals surface area contributed by atoms with Gasteiger partial charge in [-0.3, -0.25) is 14.6 Å². The fraction of sp³-hybridized carbons (Fsp3) is 0.553. The van der Waals surface area contributed by atoms with Crippen LogP contribution in [0.25, 0.3) is 27.8 Å². The molecule has 1 saturated carbocycles. The van der Waals surface area contributed by atoms with Gasteiger partial charge in [0.1, 0.15) is 18.4 Å². The summed E-state index contributed by atoms with van der Waals surface area (Å²) in [5.74, 6) is 0.830. The second-order valence-corrected chi connectivity index (χ2v) is 15.3. The molecule has 0 bridgehead atoms. The number of nitrogens with zero attached hydrogens (tertiary/aromatic N) is 6. The third-order valence-electron chi connectivity index (χ3n) is 10.3. The van der Waals surface area contributed by atoms with E-state index in [0.29, 0.717) is 37.7 Å². The van der Waals surface area contributed by atoms with Gasteiger partial charge < -0.3 is 29.2 Å². The Balaban J connectivity index is 1.16. The number of amides is 3. The lowest BCUT2D eigenvalue weighted by atomic mass is 9.92. The number of hydrogen-bond acceptors (Lipinski definition) is 7. The molecule has 0 radical (unpaired) electrons. The van der Waals surface area contributed by atoms with Crippen LogP contribution in [0.1, 0.15) is 86.8 Å². The molecule has 2 aliphatic heterocycles. The molecule has 266 valence electrons. The van der Waals surface area contributed by atoms with E-state index in [1.54, 1.807) is 12.0 Å². The molecule has 0 aromatic carbocycles. The molecule has 4 aromatic rings. The topological polar surface area (TPSA) is 123 Å². The number of likely N-dealkylation sites (tertiary alicyclic amines) is 2. The largest absolute Gasteiger partial charge is 0.444 e. The third-order valence-corrected chi connectivity index (χ3v) is 10.3. The zero-order chi connectivity index (χ0) is 35.2. The van der Waals surface area contributed by atoms with Gasteiger partial charge >= 0.3 is 6.09 Å². The molecule has 0 spiro atoms. The predicted molar refractivity (Wildman–Crippen MR) is 190 cm³/mol. The molecule has 1 aliphatic carbocycles. The summed E-state index contributed by atoms with van der Waals surface area (Å²) < 4.78 is 15.0. The maximum Gasteiger partial charge on any atom is 0.407 e. The van der Waals surface area contributed by atoms with E-state index in [-0.39, 0.29) is 30.4 Å². The Bertz CT molecular complexity index is 1910. The maximum atomic E-state index is 13.7. The summed E-state index contributed by atoms with van der Waals surface area (Å²) >= 11 is 0. The molecule has 6 heterocycles. The average Bonchev–Trinajstić information content (AvgIpc) is 3.76. The van der Waals surface area contributed by atoms with Crippen LogP contribution in [0, 0.1) is 12.8 Å². The Morgan fingerprint density at radius 3 is 2.50 bits per heavy atom. The summed E-state index contributed by atoms with van der Waals surface area (Å²) in [5.41, 5.74) is 6.38. The summed E-state index contributed by atoms with van der Waals surface area (Å²) in [6, 6.07) is 8.18. The van der Waals surface area contributed by atoms with Gasteiger partial charge in [-0.25, -0.2) is 9.31 Å². The van der Waals surface area contributed by atoms with Crippen LogP contribution in [-0.4, -0.2) is 98.4 Å². The number of alkyl carbamates (subject to hydrolysis) is 1. The molecule has 1 atom stereocenters. The van der Waals surface area contributed by atoms with Crippen LogP contribution in [-0.2, 0) is 20.8 Å². The SMILES string of the molecule is COCC(=O)N1CCC(c2nccc3cc(-c4nn5cc(C(=O)N6CCC[C@@H](OC(=O)NC(C)(C)C)C6)ccc5c4C)n(CC4CC4)c23)CC1. The number of aryl methyl sites for hydroxylation is 1. The number of hydrogen-bond donors (Lipinski definition) is 1. The minimum atomic E-state index is -0.459. The van der Waals surface area contributed by atoms with Crippen molar-refractivity contribution in [2.45, 2.75) is 90.3 Å². The number of piperidine rings is 2. The molecule has 3 fully saturated rings. The smallest absolute Gasteiger partial charge is 0.407 e. The quantitative estimate of drug-likeness (QED) is 0.258. The molecule has 12 nitrogen and oxygen atoms in total. The van der Waals surface area contributed by atoms with Crippen molar-refractivity contribution in [3.8, 4) is 11.4 Å². The first kappa shape index (κ1) is 34.0. The molecule has 50 heavy (non-hydrogen) atoms. The Kier molecular flexibility index (Phi) is 9.32. The Morgan fingerprint density at radius 1 is 1.00 bits per heavy atom. The Hall–Kier alpha value is -4.45. The molecule has 3 aliphatic rings. The average molecular weight is 684 g/mol. The van der Waals surface area contributed by atoms with Crippen LogP contribution in [0.15, 0.2) is 36.7 Å². The number of fused-ring (bicyclic) bond motifs is 2. The summed E-state index contributed by atoms with van der Waals surface area (Å²) in [6.45, 7) is 11.2. The van der Waals surface area contributed by atoms with E-state index in [2.05, 4.69) is 28.9 Å². The normalized spacial score (nSPS) is 18.9. The van der Waals surface area contributed by atoms with Crippen LogP contribution in [0.4, 0.5) is 4.79 Å². The molecule has 1 N–H and O–H groups in total. The van der Waals surface area contributed by atoms with Gasteiger partial charge in [0.15, 0.2) is 0 Å². The lowest BCUT2D eigenvalue weighted by Crippen LogP contribution is -2.47. The van der Waals surface area contributed by atoms with Crippen LogP contribution < -0.4 is 5.32 Å². The first-order valence-corrected chi connectivity index (χ1v) is 18.0. The molecule has 7 rings (SSSR count). The number of carbonyl (C=O) groups is 3. The van der Waals surface area contributed by atoms with E-state index < -0.39 is 11.6 Å². The van der Waals surface area contributed by atoms with Gasteiger partial charge in [0.25, 0.3) is 5.91 Å². The fourth-order valence-corrected chi connectivity index (χ4v) is 7.53. The Morgan fingerprint density at radius 2 is 1.78 bits per heavy atom. The standard InChI is InChI=1S/C38H49N7O5/c1-24-30-11-10-28(36(47)43-16-6-7-29(22-43)50-37(48)40-38(2,3)4)21-45(30)41-33(24)31-19-27-12-15-39-34(35(27)44(31)20-25-8-9-25)26-13-17-42(18-14-26)32(46)23-49-5/h10-12,15,19,21,25-26,29H,6-9,13-14,16-18,20,22-23H2,1-5H3,(H,40,48)/t29-/m1/s1. The van der Waals surface area contributed by atoms with E-state index in [1.807, 2.05) is 54.7 Å². The predicted octanol–water partition coefficient (Wildman–Crippen LogP) is 5.55. The van der Waals surface area contributed by atoms with Gasteiger partial charge in [-0.1, -0.05) is 0 Å². The molecule has 2 saturated heterocycles. The van der Waals surface area contributed by atoms with Crippen LogP contribution in [0.5, 0.6) is 0 Å². The summed E-state index contributed by atoms with van der Waals surface area (Å²) in [7, 11) is 1.56. The van der Waals surface area contributed by atoms with Gasteiger partial charge in [0.2, 0.25) is 5.91 Å². The van der Waals surface area contributed by atoms with Gasteiger partial charge in [-0.05, 0) is 96.4 Å². The highest BCUT2D eigenvalue weighted by Crippen LogP contribution is 2.40. The van der Waals surface area contributed by atoms with Crippen molar-refractivity contribution >= 4 is 34.3 Å². The highest BCUT2D eigenvalue weighted by atomic mass is 16.6. The van der Waals surface area contributed by atoms with Crippen LogP contribution in [0.2, 0.25) is 0 Å². The van der Waals surface area contributed by atoms with Gasteiger partial charge in [0.05, 0.1) is 34.5 Å². The molecule has 12 heteroatoms. The lowest BCUT2D eigenvalue weighted by molar-refractivity contribution is -0.136. The van der Waals surface area contributed by atoms with Crippen LogP contribution in [0.3, 0.4) is 0 Å². The fourth-order valence-electron chi connectivity index (χ4n) is 7.53. The number of ether oxygens (including phenoxy) is 2. The number of aromatic nitrogens is 4. The van der Waals surface area contributed by atoms with Crippen molar-refractivity contribution in [1.29, 1.82) is 0 Å². The van der Waals surface area contributed by atoms with E-state index in [0.717, 1.165) is 65.8 Å². The summed E-state index contributed by atoms with van der Waals surface area (Å²) in [5, 5.41) is 9.09. The van der Waals surface area contributed by atoms with Crippen molar-refractivity contribution in [2.75, 3.05) is 39.9 Å². The van der Waals surface area contributed by atoms with Crippen LogP contribution >= 0.6 is 0 Å². The number of methoxy groups -OCH3 is 1. The molecular formula is C38H49N7O5. The zero-order valence-corrected chi connectivity index (χ0v) is 29.9. The van der Waals surface area contributed by atoms with Gasteiger partial charge in [0, 0.05) is 68.1 Å². The number of pyridine rings is 2. The third kappa shape index (κ3) is 7.08. The summed E-state index contributed by atoms with van der Waals surface area (Å²) in [4.78, 5) is 47.2. The lowest BCUT2D eigenvalue weighted by Gasteiger charge is -2.33. The second-order valence-electron chi connectivity index (χ2n) is 15.3. The van der Waals surface area contributed by atoms with Crippen molar-refractivity contribution in [2.24, 2.45) is 5.92 Å². The van der Waals surface area contributed by atoms with E-state index in [1.165, 1.54) is 18.4 Å².